The van der Waals surface area contributed by atoms with Gasteiger partial charge in [0.15, 0.2) is 0 Å². The highest BCUT2D eigenvalue weighted by Crippen LogP contribution is 2.43. The van der Waals surface area contributed by atoms with Gasteiger partial charge < -0.3 is 4.74 Å². The van der Waals surface area contributed by atoms with E-state index in [0.717, 1.165) is 25.7 Å². The van der Waals surface area contributed by atoms with E-state index in [1.807, 2.05) is 6.92 Å². The average molecular weight is 278 g/mol. The van der Waals surface area contributed by atoms with Crippen molar-refractivity contribution in [2.45, 2.75) is 70.1 Å². The largest absolute Gasteiger partial charge is 0.370 e. The topological polar surface area (TPSA) is 64.1 Å². The van der Waals surface area contributed by atoms with Crippen molar-refractivity contribution in [1.82, 2.24) is 9.55 Å². The van der Waals surface area contributed by atoms with Crippen LogP contribution in [0.2, 0.25) is 0 Å². The quantitative estimate of drug-likeness (QED) is 0.913. The maximum absolute atomic E-state index is 11.9. The molecular weight excluding hydrogens is 256 g/mol. The van der Waals surface area contributed by atoms with E-state index < -0.39 is 0 Å². The molecule has 5 nitrogen and oxygen atoms in total. The number of hydrogen-bond acceptors (Lipinski definition) is 3. The van der Waals surface area contributed by atoms with Crippen LogP contribution in [0.4, 0.5) is 0 Å². The monoisotopic (exact) mass is 278 g/mol. The van der Waals surface area contributed by atoms with E-state index >= 15 is 0 Å². The molecule has 1 spiro atoms. The molecule has 1 aliphatic carbocycles. The minimum Gasteiger partial charge on any atom is -0.370 e. The first kappa shape index (κ1) is 13.6. The Kier molecular flexibility index (Phi) is 3.54. The van der Waals surface area contributed by atoms with Crippen LogP contribution < -0.4 is 11.2 Å². The zero-order valence-corrected chi connectivity index (χ0v) is 12.0. The summed E-state index contributed by atoms with van der Waals surface area (Å²) in [5.41, 5.74) is 0.138. The molecule has 2 heterocycles. The van der Waals surface area contributed by atoms with Crippen molar-refractivity contribution in [3.05, 3.63) is 32.6 Å². The molecule has 2 aliphatic rings. The first-order chi connectivity index (χ1) is 9.62. The fourth-order valence-corrected chi connectivity index (χ4v) is 3.57. The Bertz CT molecular complexity index is 596. The Balaban J connectivity index is 1.75. The summed E-state index contributed by atoms with van der Waals surface area (Å²) in [6.07, 6.45) is 9.35. The molecule has 0 amide bonds. The molecule has 0 bridgehead atoms. The predicted octanol–water partition coefficient (Wildman–Crippen LogP) is 1.59. The van der Waals surface area contributed by atoms with Crippen LogP contribution in [0, 0.1) is 0 Å². The highest BCUT2D eigenvalue weighted by molar-refractivity contribution is 5.04. The third-order valence-electron chi connectivity index (χ3n) is 4.72. The lowest BCUT2D eigenvalue weighted by Crippen LogP contribution is -2.35. The summed E-state index contributed by atoms with van der Waals surface area (Å²) in [4.78, 5) is 25.8. The molecular formula is C15H22N2O3. The summed E-state index contributed by atoms with van der Waals surface area (Å²) in [6.45, 7) is 2.46. The minimum atomic E-state index is -0.330. The summed E-state index contributed by atoms with van der Waals surface area (Å²) in [7, 11) is 0. The standard InChI is InChI=1S/C15H22N2O3/c1-2-11-9-17(14(19)16-13(11)18)10-12-5-8-15(20-12)6-3-4-7-15/h9,12H,2-8,10H2,1H3,(H,16,18,19). The number of ether oxygens (including phenoxy) is 1. The Morgan fingerprint density at radius 1 is 1.35 bits per heavy atom. The van der Waals surface area contributed by atoms with Crippen molar-refractivity contribution in [3.8, 4) is 0 Å². The molecule has 2 fully saturated rings. The first-order valence-electron chi connectivity index (χ1n) is 7.62. The summed E-state index contributed by atoms with van der Waals surface area (Å²) in [5.74, 6) is 0. The summed E-state index contributed by atoms with van der Waals surface area (Å²) >= 11 is 0. The zero-order chi connectivity index (χ0) is 14.2. The predicted molar refractivity (Wildman–Crippen MR) is 76.0 cm³/mol. The summed E-state index contributed by atoms with van der Waals surface area (Å²) in [5, 5.41) is 0. The molecule has 1 saturated heterocycles. The van der Waals surface area contributed by atoms with Crippen molar-refractivity contribution < 1.29 is 4.74 Å². The second-order valence-electron chi connectivity index (χ2n) is 6.09. The van der Waals surface area contributed by atoms with Gasteiger partial charge in [0.25, 0.3) is 5.56 Å². The molecule has 1 saturated carbocycles. The van der Waals surface area contributed by atoms with Gasteiger partial charge in [-0.3, -0.25) is 14.3 Å². The van der Waals surface area contributed by atoms with Gasteiger partial charge in [-0.1, -0.05) is 19.8 Å². The maximum Gasteiger partial charge on any atom is 0.328 e. The zero-order valence-electron chi connectivity index (χ0n) is 12.0. The van der Waals surface area contributed by atoms with Crippen molar-refractivity contribution >= 4 is 0 Å². The second kappa shape index (κ2) is 5.20. The number of nitrogens with one attached hydrogen (secondary N) is 1. The number of nitrogens with zero attached hydrogens (tertiary/aromatic N) is 1. The normalized spacial score (nSPS) is 24.6. The fraction of sp³-hybridized carbons (Fsp3) is 0.733. The molecule has 110 valence electrons. The van der Waals surface area contributed by atoms with Gasteiger partial charge >= 0.3 is 5.69 Å². The molecule has 1 aromatic rings. The van der Waals surface area contributed by atoms with E-state index in [0.29, 0.717) is 18.5 Å². The highest BCUT2D eigenvalue weighted by atomic mass is 16.5. The van der Waals surface area contributed by atoms with Crippen molar-refractivity contribution in [3.63, 3.8) is 0 Å². The number of aromatic nitrogens is 2. The van der Waals surface area contributed by atoms with Crippen LogP contribution in [0.1, 0.15) is 51.0 Å². The fourth-order valence-electron chi connectivity index (χ4n) is 3.57. The van der Waals surface area contributed by atoms with E-state index in [2.05, 4.69) is 4.98 Å². The van der Waals surface area contributed by atoms with Gasteiger partial charge in [0, 0.05) is 11.8 Å². The number of rotatable bonds is 3. The van der Waals surface area contributed by atoms with Gasteiger partial charge in [0.2, 0.25) is 0 Å². The maximum atomic E-state index is 11.9. The Morgan fingerprint density at radius 2 is 2.10 bits per heavy atom. The van der Waals surface area contributed by atoms with Crippen LogP contribution in [0.15, 0.2) is 15.8 Å². The minimum absolute atomic E-state index is 0.0874. The Labute approximate surface area is 118 Å². The van der Waals surface area contributed by atoms with E-state index in [-0.39, 0.29) is 23.0 Å². The van der Waals surface area contributed by atoms with Crippen molar-refractivity contribution in [1.29, 1.82) is 0 Å². The van der Waals surface area contributed by atoms with Crippen LogP contribution >= 0.6 is 0 Å². The number of H-pyrrole nitrogens is 1. The Morgan fingerprint density at radius 3 is 2.80 bits per heavy atom. The van der Waals surface area contributed by atoms with E-state index in [1.165, 1.54) is 12.8 Å². The van der Waals surface area contributed by atoms with Crippen LogP contribution in [-0.2, 0) is 17.7 Å². The second-order valence-corrected chi connectivity index (χ2v) is 6.09. The summed E-state index contributed by atoms with van der Waals surface area (Å²) < 4.78 is 7.82. The molecule has 20 heavy (non-hydrogen) atoms. The van der Waals surface area contributed by atoms with Crippen molar-refractivity contribution in [2.75, 3.05) is 0 Å². The van der Waals surface area contributed by atoms with Crippen molar-refractivity contribution in [2.24, 2.45) is 0 Å². The van der Waals surface area contributed by atoms with E-state index in [4.69, 9.17) is 4.74 Å². The molecule has 0 aromatic carbocycles. The molecule has 1 unspecified atom stereocenters. The Hall–Kier alpha value is -1.36. The molecule has 1 atom stereocenters. The lowest BCUT2D eigenvalue weighted by molar-refractivity contribution is -0.0422. The van der Waals surface area contributed by atoms with Gasteiger partial charge in [0.1, 0.15) is 0 Å². The number of aromatic amines is 1. The summed E-state index contributed by atoms with van der Waals surface area (Å²) in [6, 6.07) is 0. The third-order valence-corrected chi connectivity index (χ3v) is 4.72. The molecule has 1 aliphatic heterocycles. The first-order valence-corrected chi connectivity index (χ1v) is 7.62. The molecule has 5 heteroatoms. The molecule has 1 N–H and O–H groups in total. The van der Waals surface area contributed by atoms with Gasteiger partial charge in [-0.2, -0.15) is 0 Å². The number of aryl methyl sites for hydroxylation is 1. The molecule has 0 radical (unpaired) electrons. The van der Waals surface area contributed by atoms with Crippen LogP contribution in [0.25, 0.3) is 0 Å². The number of hydrogen-bond donors (Lipinski definition) is 1. The molecule has 3 rings (SSSR count). The SMILES string of the molecule is CCc1cn(CC2CCC3(CCCC3)O2)c(=O)[nH]c1=O. The van der Waals surface area contributed by atoms with Gasteiger partial charge in [-0.25, -0.2) is 4.79 Å². The van der Waals surface area contributed by atoms with E-state index in [9.17, 15) is 9.59 Å². The van der Waals surface area contributed by atoms with Gasteiger partial charge in [0.05, 0.1) is 18.2 Å². The average Bonchev–Trinajstić information content (AvgIpc) is 3.04. The van der Waals surface area contributed by atoms with Crippen LogP contribution in [0.5, 0.6) is 0 Å². The third kappa shape index (κ3) is 2.46. The smallest absolute Gasteiger partial charge is 0.328 e. The molecule has 1 aromatic heterocycles. The van der Waals surface area contributed by atoms with E-state index in [1.54, 1.807) is 10.8 Å². The van der Waals surface area contributed by atoms with Crippen LogP contribution in [-0.4, -0.2) is 21.3 Å². The lowest BCUT2D eigenvalue weighted by Gasteiger charge is -2.24. The van der Waals surface area contributed by atoms with Gasteiger partial charge in [-0.05, 0) is 32.1 Å². The van der Waals surface area contributed by atoms with Crippen LogP contribution in [0.3, 0.4) is 0 Å². The highest BCUT2D eigenvalue weighted by Gasteiger charge is 2.42. The lowest BCUT2D eigenvalue weighted by atomic mass is 9.98. The van der Waals surface area contributed by atoms with Gasteiger partial charge in [-0.15, -0.1) is 0 Å².